The molecule has 1 unspecified atom stereocenters. The number of anilines is 1. The zero-order chi connectivity index (χ0) is 15.5. The first-order valence-electron chi connectivity index (χ1n) is 7.05. The molecule has 0 saturated carbocycles. The van der Waals surface area contributed by atoms with Crippen LogP contribution in [0.3, 0.4) is 0 Å². The zero-order valence-corrected chi connectivity index (χ0v) is 13.6. The molecule has 1 fully saturated rings. The molecule has 2 aromatic rings. The van der Waals surface area contributed by atoms with Crippen LogP contribution in [0.2, 0.25) is 5.02 Å². The number of halogens is 1. The molecule has 0 amide bonds. The van der Waals surface area contributed by atoms with E-state index in [1.807, 2.05) is 0 Å². The minimum atomic E-state index is -0.378. The lowest BCUT2D eigenvalue weighted by Gasteiger charge is -2.22. The Morgan fingerprint density at radius 2 is 2.27 bits per heavy atom. The Balaban J connectivity index is 1.81. The normalized spacial score (nSPS) is 17.7. The molecule has 2 aromatic heterocycles. The minimum absolute atomic E-state index is 0.0920. The van der Waals surface area contributed by atoms with Crippen molar-refractivity contribution in [3.63, 3.8) is 0 Å². The molecule has 0 bridgehead atoms. The minimum Gasteiger partial charge on any atom is -0.461 e. The summed E-state index contributed by atoms with van der Waals surface area (Å²) >= 11 is 7.30. The summed E-state index contributed by atoms with van der Waals surface area (Å²) in [7, 11) is 0. The van der Waals surface area contributed by atoms with E-state index in [1.165, 1.54) is 11.3 Å². The Bertz CT molecular complexity index is 661. The van der Waals surface area contributed by atoms with Gasteiger partial charge in [0.1, 0.15) is 5.01 Å². The molecule has 0 radical (unpaired) electrons. The van der Waals surface area contributed by atoms with Crippen molar-refractivity contribution in [1.29, 1.82) is 0 Å². The summed E-state index contributed by atoms with van der Waals surface area (Å²) in [4.78, 5) is 26.8. The quantitative estimate of drug-likeness (QED) is 0.798. The molecule has 1 saturated heterocycles. The van der Waals surface area contributed by atoms with Gasteiger partial charge in [-0.2, -0.15) is 0 Å². The molecule has 0 aromatic carbocycles. The van der Waals surface area contributed by atoms with Gasteiger partial charge in [0.05, 0.1) is 30.1 Å². The SMILES string of the molecule is CCOC(=O)c1csc(C2CCCN2c2ncc(Cl)cn2)n1. The molecule has 3 rings (SSSR count). The number of carbonyl (C=O) groups is 1. The van der Waals surface area contributed by atoms with Crippen LogP contribution >= 0.6 is 22.9 Å². The summed E-state index contributed by atoms with van der Waals surface area (Å²) in [6.45, 7) is 2.99. The third-order valence-corrected chi connectivity index (χ3v) is 4.55. The van der Waals surface area contributed by atoms with E-state index in [2.05, 4.69) is 19.9 Å². The standard InChI is InChI=1S/C14H15ClN4O2S/c1-2-21-13(20)10-8-22-12(18-10)11-4-3-5-19(11)14-16-6-9(15)7-17-14/h6-8,11H,2-5H2,1H3. The van der Waals surface area contributed by atoms with Gasteiger partial charge in [0.2, 0.25) is 5.95 Å². The Hall–Kier alpha value is -1.73. The van der Waals surface area contributed by atoms with Crippen molar-refractivity contribution in [3.05, 3.63) is 33.5 Å². The van der Waals surface area contributed by atoms with Crippen LogP contribution in [-0.4, -0.2) is 34.1 Å². The molecule has 0 spiro atoms. The first kappa shape index (κ1) is 15.2. The number of thiazole rings is 1. The van der Waals surface area contributed by atoms with Crippen molar-refractivity contribution in [2.75, 3.05) is 18.1 Å². The second-order valence-electron chi connectivity index (χ2n) is 4.84. The van der Waals surface area contributed by atoms with Gasteiger partial charge in [0.15, 0.2) is 5.69 Å². The number of rotatable bonds is 4. The fraction of sp³-hybridized carbons (Fsp3) is 0.429. The third kappa shape index (κ3) is 3.05. The largest absolute Gasteiger partial charge is 0.461 e. The number of ether oxygens (including phenoxy) is 1. The fourth-order valence-electron chi connectivity index (χ4n) is 2.46. The average molecular weight is 339 g/mol. The number of carbonyl (C=O) groups excluding carboxylic acids is 1. The Labute approximate surface area is 137 Å². The summed E-state index contributed by atoms with van der Waals surface area (Å²) in [5.74, 6) is 0.261. The predicted molar refractivity (Wildman–Crippen MR) is 84.4 cm³/mol. The first-order valence-corrected chi connectivity index (χ1v) is 8.31. The Kier molecular flexibility index (Phi) is 4.54. The molecular weight excluding hydrogens is 324 g/mol. The van der Waals surface area contributed by atoms with Crippen LogP contribution < -0.4 is 4.90 Å². The summed E-state index contributed by atoms with van der Waals surface area (Å²) in [5.41, 5.74) is 0.366. The van der Waals surface area contributed by atoms with Crippen LogP contribution in [0.15, 0.2) is 17.8 Å². The highest BCUT2D eigenvalue weighted by atomic mass is 35.5. The lowest BCUT2D eigenvalue weighted by molar-refractivity contribution is 0.0520. The smallest absolute Gasteiger partial charge is 0.357 e. The highest BCUT2D eigenvalue weighted by molar-refractivity contribution is 7.10. The van der Waals surface area contributed by atoms with Crippen molar-refractivity contribution in [2.45, 2.75) is 25.8 Å². The number of nitrogens with zero attached hydrogens (tertiary/aromatic N) is 4. The van der Waals surface area contributed by atoms with Gasteiger partial charge in [0, 0.05) is 11.9 Å². The molecule has 116 valence electrons. The summed E-state index contributed by atoms with van der Waals surface area (Å²) in [6, 6.07) is 0.0920. The number of hydrogen-bond acceptors (Lipinski definition) is 7. The Morgan fingerprint density at radius 3 is 3.00 bits per heavy atom. The summed E-state index contributed by atoms with van der Waals surface area (Å²) < 4.78 is 4.98. The van der Waals surface area contributed by atoms with E-state index < -0.39 is 0 Å². The summed E-state index contributed by atoms with van der Waals surface area (Å²) in [6.07, 6.45) is 5.17. The lowest BCUT2D eigenvalue weighted by atomic mass is 10.2. The van der Waals surface area contributed by atoms with E-state index in [0.29, 0.717) is 23.3 Å². The van der Waals surface area contributed by atoms with Crippen LogP contribution in [0.5, 0.6) is 0 Å². The van der Waals surface area contributed by atoms with Crippen molar-refractivity contribution < 1.29 is 9.53 Å². The van der Waals surface area contributed by atoms with Crippen LogP contribution in [0, 0.1) is 0 Å². The molecule has 1 aliphatic heterocycles. The maximum Gasteiger partial charge on any atom is 0.357 e. The van der Waals surface area contributed by atoms with Crippen LogP contribution in [-0.2, 0) is 4.74 Å². The van der Waals surface area contributed by atoms with Gasteiger partial charge in [-0.25, -0.2) is 19.7 Å². The molecule has 0 aliphatic carbocycles. The van der Waals surface area contributed by atoms with Crippen molar-refractivity contribution in [3.8, 4) is 0 Å². The van der Waals surface area contributed by atoms with Crippen molar-refractivity contribution >= 4 is 34.9 Å². The summed E-state index contributed by atoms with van der Waals surface area (Å²) in [5, 5.41) is 3.14. The second kappa shape index (κ2) is 6.58. The molecule has 1 aliphatic rings. The van der Waals surface area contributed by atoms with Gasteiger partial charge in [0.25, 0.3) is 0 Å². The van der Waals surface area contributed by atoms with E-state index in [1.54, 1.807) is 24.7 Å². The highest BCUT2D eigenvalue weighted by Crippen LogP contribution is 2.35. The third-order valence-electron chi connectivity index (χ3n) is 3.41. The van der Waals surface area contributed by atoms with E-state index in [-0.39, 0.29) is 12.0 Å². The Morgan fingerprint density at radius 1 is 1.50 bits per heavy atom. The first-order chi connectivity index (χ1) is 10.7. The molecule has 1 atom stereocenters. The van der Waals surface area contributed by atoms with Gasteiger partial charge in [-0.05, 0) is 19.8 Å². The van der Waals surface area contributed by atoms with Gasteiger partial charge in [-0.15, -0.1) is 11.3 Å². The van der Waals surface area contributed by atoms with Gasteiger partial charge >= 0.3 is 5.97 Å². The van der Waals surface area contributed by atoms with Gasteiger partial charge in [-0.1, -0.05) is 11.6 Å². The average Bonchev–Trinajstić information content (AvgIpc) is 3.17. The van der Waals surface area contributed by atoms with E-state index in [4.69, 9.17) is 16.3 Å². The highest BCUT2D eigenvalue weighted by Gasteiger charge is 2.31. The van der Waals surface area contributed by atoms with Crippen LogP contribution in [0.4, 0.5) is 5.95 Å². The number of hydrogen-bond donors (Lipinski definition) is 0. The monoisotopic (exact) mass is 338 g/mol. The van der Waals surface area contributed by atoms with E-state index in [0.717, 1.165) is 24.4 Å². The topological polar surface area (TPSA) is 68.2 Å². The molecule has 6 nitrogen and oxygen atoms in total. The lowest BCUT2D eigenvalue weighted by Crippen LogP contribution is -2.24. The van der Waals surface area contributed by atoms with Crippen molar-refractivity contribution in [1.82, 2.24) is 15.0 Å². The molecule has 3 heterocycles. The van der Waals surface area contributed by atoms with Gasteiger partial charge in [-0.3, -0.25) is 0 Å². The zero-order valence-electron chi connectivity index (χ0n) is 12.0. The number of aromatic nitrogens is 3. The van der Waals surface area contributed by atoms with Gasteiger partial charge < -0.3 is 9.64 Å². The van der Waals surface area contributed by atoms with E-state index in [9.17, 15) is 4.79 Å². The number of esters is 1. The molecule has 8 heteroatoms. The molecule has 0 N–H and O–H groups in total. The maximum atomic E-state index is 11.7. The predicted octanol–water partition coefficient (Wildman–Crippen LogP) is 3.10. The van der Waals surface area contributed by atoms with Crippen LogP contribution in [0.25, 0.3) is 0 Å². The fourth-order valence-corrected chi connectivity index (χ4v) is 3.49. The molecule has 22 heavy (non-hydrogen) atoms. The second-order valence-corrected chi connectivity index (χ2v) is 6.17. The maximum absolute atomic E-state index is 11.7. The van der Waals surface area contributed by atoms with E-state index >= 15 is 0 Å². The van der Waals surface area contributed by atoms with Crippen molar-refractivity contribution in [2.24, 2.45) is 0 Å². The molecular formula is C14H15ClN4O2S. The van der Waals surface area contributed by atoms with Crippen LogP contribution in [0.1, 0.15) is 41.3 Å².